The molecule has 0 aliphatic carbocycles. The molecule has 7 heteroatoms. The molecule has 1 aromatic carbocycles. The Morgan fingerprint density at radius 2 is 2.00 bits per heavy atom. The number of hydrogen-bond acceptors (Lipinski definition) is 2. The summed E-state index contributed by atoms with van der Waals surface area (Å²) < 4.78 is 16.1. The monoisotopic (exact) mass is 353 g/mol. The Balaban J connectivity index is 2.37. The molecule has 110 valence electrons. The van der Waals surface area contributed by atoms with Crippen molar-refractivity contribution in [3.8, 4) is 0 Å². The third kappa shape index (κ3) is 3.13. The number of anilines is 1. The van der Waals surface area contributed by atoms with E-state index in [0.717, 1.165) is 10.5 Å². The van der Waals surface area contributed by atoms with Crippen molar-refractivity contribution in [2.45, 2.75) is 6.92 Å². The molecule has 2 amide bonds. The van der Waals surface area contributed by atoms with Crippen LogP contribution < -0.4 is 11.1 Å². The van der Waals surface area contributed by atoms with E-state index in [1.54, 1.807) is 23.9 Å². The number of nitrogens with two attached hydrogens (primary N) is 1. The van der Waals surface area contributed by atoms with Crippen LogP contribution in [-0.2, 0) is 7.05 Å². The molecule has 0 spiro atoms. The summed E-state index contributed by atoms with van der Waals surface area (Å²) in [4.78, 5) is 23.4. The highest BCUT2D eigenvalue weighted by molar-refractivity contribution is 9.10. The van der Waals surface area contributed by atoms with Gasteiger partial charge in [0.15, 0.2) is 0 Å². The molecule has 0 fully saturated rings. The van der Waals surface area contributed by atoms with Crippen LogP contribution in [0.25, 0.3) is 0 Å². The normalized spacial score (nSPS) is 10.5. The maximum absolute atomic E-state index is 13.8. The number of hydrogen-bond donors (Lipinski definition) is 2. The van der Waals surface area contributed by atoms with Gasteiger partial charge in [0.05, 0.1) is 0 Å². The zero-order chi connectivity index (χ0) is 15.7. The molecule has 2 rings (SSSR count). The highest BCUT2D eigenvalue weighted by Gasteiger charge is 2.15. The lowest BCUT2D eigenvalue weighted by atomic mass is 10.1. The van der Waals surface area contributed by atoms with Crippen molar-refractivity contribution in [2.75, 3.05) is 5.32 Å². The summed E-state index contributed by atoms with van der Waals surface area (Å²) in [5.74, 6) is -1.77. The number of aryl methyl sites for hydroxylation is 1. The van der Waals surface area contributed by atoms with Crippen molar-refractivity contribution in [3.05, 3.63) is 51.5 Å². The first kappa shape index (κ1) is 15.2. The average molecular weight is 354 g/mol. The minimum Gasteiger partial charge on any atom is -0.366 e. The molecular weight excluding hydrogens is 341 g/mol. The fraction of sp³-hybridized carbons (Fsp3) is 0.143. The molecule has 0 aliphatic rings. The van der Waals surface area contributed by atoms with Crippen molar-refractivity contribution >= 4 is 33.4 Å². The fourth-order valence-electron chi connectivity index (χ4n) is 1.89. The van der Waals surface area contributed by atoms with E-state index >= 15 is 0 Å². The van der Waals surface area contributed by atoms with Crippen LogP contribution in [0.3, 0.4) is 0 Å². The lowest BCUT2D eigenvalue weighted by Gasteiger charge is -2.11. The molecule has 0 radical (unpaired) electrons. The number of nitrogens with zero attached hydrogens (tertiary/aromatic N) is 1. The number of halogens is 2. The summed E-state index contributed by atoms with van der Waals surface area (Å²) in [6.45, 7) is 1.51. The van der Waals surface area contributed by atoms with Gasteiger partial charge in [-0.2, -0.15) is 0 Å². The van der Waals surface area contributed by atoms with Crippen molar-refractivity contribution in [3.63, 3.8) is 0 Å². The van der Waals surface area contributed by atoms with Gasteiger partial charge in [-0.05, 0) is 41.1 Å². The molecule has 5 nitrogen and oxygen atoms in total. The predicted molar refractivity (Wildman–Crippen MR) is 80.7 cm³/mol. The Kier molecular flexibility index (Phi) is 4.13. The lowest BCUT2D eigenvalue weighted by molar-refractivity contribution is 0.0994. The number of nitrogens with one attached hydrogen (secondary N) is 1. The van der Waals surface area contributed by atoms with Crippen molar-refractivity contribution in [2.24, 2.45) is 12.8 Å². The first-order valence-electron chi connectivity index (χ1n) is 6.02. The molecule has 0 bridgehead atoms. The number of amides is 2. The Morgan fingerprint density at radius 3 is 2.52 bits per heavy atom. The number of benzene rings is 1. The molecule has 0 saturated heterocycles. The number of carbonyl (C=O) groups is 2. The van der Waals surface area contributed by atoms with Gasteiger partial charge in [0.2, 0.25) is 5.91 Å². The highest BCUT2D eigenvalue weighted by Crippen LogP contribution is 2.22. The first-order chi connectivity index (χ1) is 9.79. The van der Waals surface area contributed by atoms with E-state index in [2.05, 4.69) is 21.2 Å². The summed E-state index contributed by atoms with van der Waals surface area (Å²) in [7, 11) is 1.72. The third-order valence-corrected chi connectivity index (χ3v) is 3.51. The van der Waals surface area contributed by atoms with Crippen LogP contribution in [0.15, 0.2) is 28.9 Å². The van der Waals surface area contributed by atoms with Crippen LogP contribution in [0.4, 0.5) is 10.1 Å². The summed E-state index contributed by atoms with van der Waals surface area (Å²) >= 11 is 3.27. The second-order valence-corrected chi connectivity index (χ2v) is 5.52. The largest absolute Gasteiger partial charge is 0.366 e. The Bertz CT molecular complexity index is 740. The van der Waals surface area contributed by atoms with E-state index in [0.29, 0.717) is 5.69 Å². The smallest absolute Gasteiger partial charge is 0.272 e. The first-order valence-corrected chi connectivity index (χ1v) is 6.82. The number of primary amides is 1. The van der Waals surface area contributed by atoms with Crippen LogP contribution in [0, 0.1) is 12.7 Å². The average Bonchev–Trinajstić information content (AvgIpc) is 2.73. The second kappa shape index (κ2) is 5.69. The van der Waals surface area contributed by atoms with Crippen LogP contribution in [0.1, 0.15) is 26.4 Å². The van der Waals surface area contributed by atoms with Gasteiger partial charge in [-0.15, -0.1) is 0 Å². The van der Waals surface area contributed by atoms with Gasteiger partial charge in [-0.1, -0.05) is 0 Å². The Morgan fingerprint density at radius 1 is 1.33 bits per heavy atom. The van der Waals surface area contributed by atoms with E-state index in [1.165, 1.54) is 13.0 Å². The van der Waals surface area contributed by atoms with E-state index in [4.69, 9.17) is 5.73 Å². The predicted octanol–water partition coefficient (Wildman–Crippen LogP) is 2.59. The van der Waals surface area contributed by atoms with Gasteiger partial charge in [-0.3, -0.25) is 9.59 Å². The molecule has 1 heterocycles. The maximum Gasteiger partial charge on any atom is 0.272 e. The van der Waals surface area contributed by atoms with E-state index < -0.39 is 17.6 Å². The van der Waals surface area contributed by atoms with Gasteiger partial charge < -0.3 is 15.6 Å². The molecule has 1 aromatic heterocycles. The molecule has 0 saturated carbocycles. The van der Waals surface area contributed by atoms with Gasteiger partial charge in [0.25, 0.3) is 5.91 Å². The van der Waals surface area contributed by atoms with Gasteiger partial charge in [-0.25, -0.2) is 4.39 Å². The lowest BCUT2D eigenvalue weighted by Crippen LogP contribution is -2.18. The third-order valence-electron chi connectivity index (χ3n) is 3.08. The van der Waals surface area contributed by atoms with Gasteiger partial charge in [0.1, 0.15) is 11.5 Å². The second-order valence-electron chi connectivity index (χ2n) is 4.60. The molecule has 3 N–H and O–H groups in total. The number of aromatic nitrogens is 1. The van der Waals surface area contributed by atoms with Crippen LogP contribution in [0.5, 0.6) is 0 Å². The number of carbonyl (C=O) groups excluding carboxylic acids is 2. The molecular formula is C14H13BrFN3O2. The molecule has 0 aliphatic heterocycles. The van der Waals surface area contributed by atoms with Crippen molar-refractivity contribution < 1.29 is 14.0 Å². The van der Waals surface area contributed by atoms with Crippen LogP contribution in [0.2, 0.25) is 0 Å². The molecule has 0 unspecified atom stereocenters. The zero-order valence-electron chi connectivity index (χ0n) is 11.4. The molecule has 2 aromatic rings. The van der Waals surface area contributed by atoms with E-state index in [9.17, 15) is 14.0 Å². The molecule has 0 atom stereocenters. The maximum atomic E-state index is 13.8. The van der Waals surface area contributed by atoms with E-state index in [-0.39, 0.29) is 16.8 Å². The SMILES string of the molecule is Cc1c(F)cc(C(N)=O)cc1NC(=O)c1cc(Br)cn1C. The standard InChI is InChI=1S/C14H13BrFN3O2/c1-7-10(16)3-8(13(17)20)4-11(7)18-14(21)12-5-9(15)6-19(12)2/h3-6H,1-2H3,(H2,17,20)(H,18,21). The minimum atomic E-state index is -0.758. The van der Waals surface area contributed by atoms with Crippen LogP contribution >= 0.6 is 15.9 Å². The van der Waals surface area contributed by atoms with Gasteiger partial charge >= 0.3 is 0 Å². The summed E-state index contributed by atoms with van der Waals surface area (Å²) in [5.41, 5.74) is 5.99. The van der Waals surface area contributed by atoms with Crippen LogP contribution in [-0.4, -0.2) is 16.4 Å². The van der Waals surface area contributed by atoms with E-state index in [1.807, 2.05) is 0 Å². The van der Waals surface area contributed by atoms with Crippen molar-refractivity contribution in [1.29, 1.82) is 0 Å². The summed E-state index contributed by atoms with van der Waals surface area (Å²) in [6.07, 6.45) is 1.72. The highest BCUT2D eigenvalue weighted by atomic mass is 79.9. The summed E-state index contributed by atoms with van der Waals surface area (Å²) in [6, 6.07) is 4.04. The Labute approximate surface area is 129 Å². The number of rotatable bonds is 3. The Hall–Kier alpha value is -2.15. The summed E-state index contributed by atoms with van der Waals surface area (Å²) in [5, 5.41) is 2.59. The topological polar surface area (TPSA) is 77.1 Å². The quantitative estimate of drug-likeness (QED) is 0.889. The van der Waals surface area contributed by atoms with Crippen molar-refractivity contribution in [1.82, 2.24) is 4.57 Å². The van der Waals surface area contributed by atoms with Gasteiger partial charge in [0, 0.05) is 34.5 Å². The molecule has 21 heavy (non-hydrogen) atoms. The minimum absolute atomic E-state index is 0.00135. The fourth-order valence-corrected chi connectivity index (χ4v) is 2.41. The zero-order valence-corrected chi connectivity index (χ0v) is 13.0.